The monoisotopic (exact) mass is 171 g/mol. The lowest BCUT2D eigenvalue weighted by Gasteiger charge is -2.18. The molecule has 1 aliphatic heterocycles. The van der Waals surface area contributed by atoms with Gasteiger partial charge < -0.3 is 10.4 Å². The molecule has 70 valence electrons. The van der Waals surface area contributed by atoms with Crippen LogP contribution in [-0.4, -0.2) is 24.2 Å². The second kappa shape index (κ2) is 4.45. The number of nitrogens with one attached hydrogen (secondary N) is 1. The van der Waals surface area contributed by atoms with Crippen molar-refractivity contribution in [1.29, 1.82) is 0 Å². The van der Waals surface area contributed by atoms with Crippen LogP contribution in [0.2, 0.25) is 0 Å². The first-order valence-electron chi connectivity index (χ1n) is 4.65. The second-order valence-corrected chi connectivity index (χ2v) is 3.59. The number of rotatable bonds is 2. The number of aliphatic carboxylic acids is 1. The zero-order chi connectivity index (χ0) is 8.97. The summed E-state index contributed by atoms with van der Waals surface area (Å²) < 4.78 is 0. The molecule has 1 rings (SSSR count). The van der Waals surface area contributed by atoms with E-state index in [4.69, 9.17) is 5.11 Å². The molecule has 1 aliphatic rings. The topological polar surface area (TPSA) is 49.3 Å². The molecule has 1 fully saturated rings. The summed E-state index contributed by atoms with van der Waals surface area (Å²) in [6, 6.07) is 0. The summed E-state index contributed by atoms with van der Waals surface area (Å²) in [5, 5.41) is 12.1. The van der Waals surface area contributed by atoms with Gasteiger partial charge >= 0.3 is 5.97 Å². The Labute approximate surface area is 73.2 Å². The molecule has 0 radical (unpaired) electrons. The van der Waals surface area contributed by atoms with Crippen molar-refractivity contribution in [3.05, 3.63) is 0 Å². The van der Waals surface area contributed by atoms with Gasteiger partial charge in [0.15, 0.2) is 0 Å². The Morgan fingerprint density at radius 3 is 3.00 bits per heavy atom. The summed E-state index contributed by atoms with van der Waals surface area (Å²) in [6.45, 7) is 3.72. The lowest BCUT2D eigenvalue weighted by Crippen LogP contribution is -2.29. The van der Waals surface area contributed by atoms with Gasteiger partial charge in [-0.3, -0.25) is 4.79 Å². The Kier molecular flexibility index (Phi) is 3.53. The van der Waals surface area contributed by atoms with Crippen molar-refractivity contribution in [3.63, 3.8) is 0 Å². The van der Waals surface area contributed by atoms with Crippen molar-refractivity contribution in [2.24, 2.45) is 11.8 Å². The molecule has 2 N–H and O–H groups in total. The molecule has 2 atom stereocenters. The van der Waals surface area contributed by atoms with Crippen LogP contribution in [0.1, 0.15) is 26.2 Å². The van der Waals surface area contributed by atoms with Crippen molar-refractivity contribution in [1.82, 2.24) is 5.32 Å². The minimum Gasteiger partial charge on any atom is -0.481 e. The highest BCUT2D eigenvalue weighted by molar-refractivity contribution is 5.69. The first kappa shape index (κ1) is 9.52. The van der Waals surface area contributed by atoms with Gasteiger partial charge in [-0.2, -0.15) is 0 Å². The van der Waals surface area contributed by atoms with Gasteiger partial charge in [-0.1, -0.05) is 13.3 Å². The fourth-order valence-electron chi connectivity index (χ4n) is 1.67. The highest BCUT2D eigenvalue weighted by Crippen LogP contribution is 2.19. The van der Waals surface area contributed by atoms with E-state index in [0.717, 1.165) is 25.9 Å². The van der Waals surface area contributed by atoms with Crippen LogP contribution >= 0.6 is 0 Å². The van der Waals surface area contributed by atoms with Gasteiger partial charge in [-0.15, -0.1) is 0 Å². The summed E-state index contributed by atoms with van der Waals surface area (Å²) in [5.41, 5.74) is 0. The minimum atomic E-state index is -0.663. The maximum Gasteiger partial charge on any atom is 0.306 e. The maximum atomic E-state index is 10.7. The summed E-state index contributed by atoms with van der Waals surface area (Å²) >= 11 is 0. The number of hydrogen-bond donors (Lipinski definition) is 2. The molecule has 0 saturated carbocycles. The van der Waals surface area contributed by atoms with E-state index >= 15 is 0 Å². The van der Waals surface area contributed by atoms with Crippen LogP contribution in [0, 0.1) is 11.8 Å². The Hall–Kier alpha value is -0.570. The van der Waals surface area contributed by atoms with Crippen molar-refractivity contribution < 1.29 is 9.90 Å². The van der Waals surface area contributed by atoms with Crippen LogP contribution in [0.25, 0.3) is 0 Å². The van der Waals surface area contributed by atoms with Crippen molar-refractivity contribution >= 4 is 5.97 Å². The predicted molar refractivity (Wildman–Crippen MR) is 47.0 cm³/mol. The van der Waals surface area contributed by atoms with E-state index in [-0.39, 0.29) is 5.92 Å². The van der Waals surface area contributed by atoms with Gasteiger partial charge in [-0.05, 0) is 31.8 Å². The van der Waals surface area contributed by atoms with Gasteiger partial charge in [-0.25, -0.2) is 0 Å². The molecule has 3 nitrogen and oxygen atoms in total. The van der Waals surface area contributed by atoms with Crippen LogP contribution < -0.4 is 5.32 Å². The van der Waals surface area contributed by atoms with Crippen LogP contribution in [0.5, 0.6) is 0 Å². The zero-order valence-corrected chi connectivity index (χ0v) is 7.55. The van der Waals surface area contributed by atoms with Crippen LogP contribution in [0.15, 0.2) is 0 Å². The third-order valence-electron chi connectivity index (χ3n) is 2.68. The molecule has 12 heavy (non-hydrogen) atoms. The largest absolute Gasteiger partial charge is 0.481 e. The molecule has 1 heterocycles. The molecule has 0 aromatic carbocycles. The highest BCUT2D eigenvalue weighted by Gasteiger charge is 2.23. The first-order valence-corrected chi connectivity index (χ1v) is 4.65. The molecule has 0 aromatic rings. The summed E-state index contributed by atoms with van der Waals surface area (Å²) in [5.74, 6) is -0.538. The minimum absolute atomic E-state index is 0.199. The molecule has 0 bridgehead atoms. The summed E-state index contributed by atoms with van der Waals surface area (Å²) in [7, 11) is 0. The summed E-state index contributed by atoms with van der Waals surface area (Å²) in [6.07, 6.45) is 3.40. The molecule has 0 unspecified atom stereocenters. The third-order valence-corrected chi connectivity index (χ3v) is 2.68. The van der Waals surface area contributed by atoms with Gasteiger partial charge in [0, 0.05) is 0 Å². The van der Waals surface area contributed by atoms with Crippen LogP contribution in [-0.2, 0) is 4.79 Å². The molecule has 0 amide bonds. The van der Waals surface area contributed by atoms with Crippen molar-refractivity contribution in [2.75, 3.05) is 13.1 Å². The van der Waals surface area contributed by atoms with Gasteiger partial charge in [0.25, 0.3) is 0 Å². The molecule has 0 aliphatic carbocycles. The van der Waals surface area contributed by atoms with E-state index in [1.165, 1.54) is 6.42 Å². The Balaban J connectivity index is 2.42. The number of carbonyl (C=O) groups is 1. The molecule has 3 heteroatoms. The number of carboxylic acid groups (broad SMARTS) is 1. The van der Waals surface area contributed by atoms with E-state index < -0.39 is 5.97 Å². The fraction of sp³-hybridized carbons (Fsp3) is 0.889. The van der Waals surface area contributed by atoms with Crippen molar-refractivity contribution in [3.8, 4) is 0 Å². The van der Waals surface area contributed by atoms with Gasteiger partial charge in [0.1, 0.15) is 0 Å². The quantitative estimate of drug-likeness (QED) is 0.654. The first-order chi connectivity index (χ1) is 5.72. The maximum absolute atomic E-state index is 10.7. The lowest BCUT2D eigenvalue weighted by molar-refractivity contribution is -0.142. The van der Waals surface area contributed by atoms with E-state index in [1.807, 2.05) is 0 Å². The number of carboxylic acids is 1. The second-order valence-electron chi connectivity index (χ2n) is 3.59. The van der Waals surface area contributed by atoms with E-state index in [2.05, 4.69) is 5.32 Å². The SMILES string of the molecule is C[C@H](C(=O)O)[C@H]1CCCCNC1. The Morgan fingerprint density at radius 1 is 1.58 bits per heavy atom. The van der Waals surface area contributed by atoms with Crippen molar-refractivity contribution in [2.45, 2.75) is 26.2 Å². The standard InChI is InChI=1S/C9H17NO2/c1-7(9(11)12)8-4-2-3-5-10-6-8/h7-8,10H,2-6H2,1H3,(H,11,12)/t7-,8-/m0/s1. The molecular weight excluding hydrogens is 154 g/mol. The van der Waals surface area contributed by atoms with Gasteiger partial charge in [0.2, 0.25) is 0 Å². The number of hydrogen-bond acceptors (Lipinski definition) is 2. The van der Waals surface area contributed by atoms with Gasteiger partial charge in [0.05, 0.1) is 5.92 Å². The Morgan fingerprint density at radius 2 is 2.33 bits per heavy atom. The molecule has 0 aromatic heterocycles. The van der Waals surface area contributed by atoms with E-state index in [1.54, 1.807) is 6.92 Å². The fourth-order valence-corrected chi connectivity index (χ4v) is 1.67. The molecule has 1 saturated heterocycles. The zero-order valence-electron chi connectivity index (χ0n) is 7.55. The Bertz CT molecular complexity index is 151. The van der Waals surface area contributed by atoms with Crippen LogP contribution in [0.4, 0.5) is 0 Å². The lowest BCUT2D eigenvalue weighted by atomic mass is 9.90. The molecule has 0 spiro atoms. The molecular formula is C9H17NO2. The van der Waals surface area contributed by atoms with E-state index in [9.17, 15) is 4.79 Å². The normalized spacial score (nSPS) is 27.6. The summed E-state index contributed by atoms with van der Waals surface area (Å²) in [4.78, 5) is 10.7. The average Bonchev–Trinajstić information content (AvgIpc) is 2.30. The smallest absolute Gasteiger partial charge is 0.306 e. The highest BCUT2D eigenvalue weighted by atomic mass is 16.4. The van der Waals surface area contributed by atoms with Crippen LogP contribution in [0.3, 0.4) is 0 Å². The third kappa shape index (κ3) is 2.48. The average molecular weight is 171 g/mol. The van der Waals surface area contributed by atoms with E-state index in [0.29, 0.717) is 5.92 Å². The predicted octanol–water partition coefficient (Wildman–Crippen LogP) is 1.10.